The molecule has 0 radical (unpaired) electrons. The van der Waals surface area contributed by atoms with Gasteiger partial charge in [0.2, 0.25) is 5.91 Å². The molecule has 2 atom stereocenters. The van der Waals surface area contributed by atoms with E-state index in [-0.39, 0.29) is 18.0 Å². The minimum absolute atomic E-state index is 0.0384. The molecule has 2 aromatic rings. The Labute approximate surface area is 185 Å². The van der Waals surface area contributed by atoms with Crippen molar-refractivity contribution >= 4 is 11.6 Å². The summed E-state index contributed by atoms with van der Waals surface area (Å²) >= 11 is 0. The number of piperazine rings is 1. The standard InChI is InChI=1S/C23H27N5O.C2H6/c24-15-19-8-4-5-9-21(19)26-10-12-27(13-11-26)23(29)22-14-20(25)17-28(22)16-18-6-2-1-3-7-18;1-2/h1-9,20,22H,10-14,16-17,25H2;1-2H3/t20-,22-;/m0./s1. The lowest BCUT2D eigenvalue weighted by atomic mass is 10.1. The molecule has 2 aromatic carbocycles. The molecule has 164 valence electrons. The van der Waals surface area contributed by atoms with E-state index in [0.717, 1.165) is 31.9 Å². The Kier molecular flexibility index (Phi) is 8.05. The van der Waals surface area contributed by atoms with Crippen LogP contribution in [0.15, 0.2) is 54.6 Å². The molecule has 2 heterocycles. The number of nitriles is 1. The third kappa shape index (κ3) is 5.43. The molecule has 2 aliphatic rings. The minimum atomic E-state index is -0.150. The Hall–Kier alpha value is -2.88. The van der Waals surface area contributed by atoms with Gasteiger partial charge in [-0.1, -0.05) is 56.3 Å². The molecule has 31 heavy (non-hydrogen) atoms. The van der Waals surface area contributed by atoms with Crippen molar-refractivity contribution in [3.63, 3.8) is 0 Å². The van der Waals surface area contributed by atoms with Gasteiger partial charge >= 0.3 is 0 Å². The number of likely N-dealkylation sites (tertiary alicyclic amines) is 1. The minimum Gasteiger partial charge on any atom is -0.367 e. The first-order valence-corrected chi connectivity index (χ1v) is 11.2. The van der Waals surface area contributed by atoms with Gasteiger partial charge in [-0.05, 0) is 24.1 Å². The summed E-state index contributed by atoms with van der Waals surface area (Å²) in [5.41, 5.74) is 9.06. The fourth-order valence-electron chi connectivity index (χ4n) is 4.41. The molecule has 2 aliphatic heterocycles. The molecule has 2 fully saturated rings. The van der Waals surface area contributed by atoms with Crippen molar-refractivity contribution in [2.75, 3.05) is 37.6 Å². The first-order valence-electron chi connectivity index (χ1n) is 11.2. The molecule has 0 saturated carbocycles. The second kappa shape index (κ2) is 10.9. The molecule has 0 aliphatic carbocycles. The summed E-state index contributed by atoms with van der Waals surface area (Å²) in [4.78, 5) is 19.7. The number of benzene rings is 2. The molecule has 2 N–H and O–H groups in total. The van der Waals surface area contributed by atoms with E-state index in [0.29, 0.717) is 25.1 Å². The average molecular weight is 420 g/mol. The highest BCUT2D eigenvalue weighted by Crippen LogP contribution is 2.24. The molecule has 6 nitrogen and oxygen atoms in total. The number of rotatable bonds is 4. The van der Waals surface area contributed by atoms with Crippen molar-refractivity contribution in [2.24, 2.45) is 5.73 Å². The Morgan fingerprint density at radius 3 is 2.35 bits per heavy atom. The number of para-hydroxylation sites is 1. The van der Waals surface area contributed by atoms with Crippen LogP contribution in [0, 0.1) is 11.3 Å². The summed E-state index contributed by atoms with van der Waals surface area (Å²) < 4.78 is 0. The van der Waals surface area contributed by atoms with Gasteiger partial charge in [-0.3, -0.25) is 9.69 Å². The highest BCUT2D eigenvalue weighted by atomic mass is 16.2. The fraction of sp³-hybridized carbons (Fsp3) is 0.440. The topological polar surface area (TPSA) is 76.6 Å². The summed E-state index contributed by atoms with van der Waals surface area (Å²) in [5.74, 6) is 0.182. The quantitative estimate of drug-likeness (QED) is 0.825. The van der Waals surface area contributed by atoms with Crippen LogP contribution in [0.1, 0.15) is 31.4 Å². The third-order valence-corrected chi connectivity index (χ3v) is 5.91. The van der Waals surface area contributed by atoms with Crippen molar-refractivity contribution in [3.8, 4) is 6.07 Å². The summed E-state index contributed by atoms with van der Waals surface area (Å²) in [7, 11) is 0. The Bertz CT molecular complexity index is 886. The molecular weight excluding hydrogens is 386 g/mol. The van der Waals surface area contributed by atoms with E-state index in [4.69, 9.17) is 5.73 Å². The molecular formula is C25H33N5O. The van der Waals surface area contributed by atoms with E-state index in [1.165, 1.54) is 5.56 Å². The molecule has 2 saturated heterocycles. The van der Waals surface area contributed by atoms with Gasteiger partial charge in [0.05, 0.1) is 17.3 Å². The smallest absolute Gasteiger partial charge is 0.240 e. The van der Waals surface area contributed by atoms with Crippen LogP contribution in [0.25, 0.3) is 0 Å². The number of hydrogen-bond acceptors (Lipinski definition) is 5. The lowest BCUT2D eigenvalue weighted by Crippen LogP contribution is -2.53. The molecule has 6 heteroatoms. The van der Waals surface area contributed by atoms with Gasteiger partial charge in [-0.25, -0.2) is 0 Å². The van der Waals surface area contributed by atoms with Crippen molar-refractivity contribution < 1.29 is 4.79 Å². The Morgan fingerprint density at radius 2 is 1.68 bits per heavy atom. The van der Waals surface area contributed by atoms with Crippen LogP contribution < -0.4 is 10.6 Å². The van der Waals surface area contributed by atoms with Crippen LogP contribution in [-0.2, 0) is 11.3 Å². The monoisotopic (exact) mass is 419 g/mol. The summed E-state index contributed by atoms with van der Waals surface area (Å²) in [6.45, 7) is 8.32. The van der Waals surface area contributed by atoms with Crippen LogP contribution in [0.3, 0.4) is 0 Å². The van der Waals surface area contributed by atoms with Crippen molar-refractivity contribution in [1.29, 1.82) is 5.26 Å². The van der Waals surface area contributed by atoms with E-state index in [9.17, 15) is 10.1 Å². The summed E-state index contributed by atoms with van der Waals surface area (Å²) in [6, 6.07) is 20.1. The van der Waals surface area contributed by atoms with Gasteiger partial charge in [-0.2, -0.15) is 5.26 Å². The van der Waals surface area contributed by atoms with Crippen LogP contribution >= 0.6 is 0 Å². The predicted octanol–water partition coefficient (Wildman–Crippen LogP) is 2.83. The van der Waals surface area contributed by atoms with E-state index in [2.05, 4.69) is 28.0 Å². The van der Waals surface area contributed by atoms with Gasteiger partial charge in [0, 0.05) is 45.3 Å². The zero-order valence-electron chi connectivity index (χ0n) is 18.6. The SMILES string of the molecule is CC.N#Cc1ccccc1N1CCN(C(=O)[C@@H]2C[C@H](N)CN2Cc2ccccc2)CC1. The number of nitrogens with zero attached hydrogens (tertiary/aromatic N) is 4. The summed E-state index contributed by atoms with van der Waals surface area (Å²) in [5, 5.41) is 9.35. The van der Waals surface area contributed by atoms with Gasteiger partial charge in [-0.15, -0.1) is 0 Å². The zero-order chi connectivity index (χ0) is 22.2. The third-order valence-electron chi connectivity index (χ3n) is 5.91. The molecule has 0 bridgehead atoms. The predicted molar refractivity (Wildman–Crippen MR) is 125 cm³/mol. The van der Waals surface area contributed by atoms with Gasteiger partial charge in [0.1, 0.15) is 6.07 Å². The maximum Gasteiger partial charge on any atom is 0.240 e. The molecule has 0 spiro atoms. The number of amides is 1. The molecule has 0 aromatic heterocycles. The molecule has 4 rings (SSSR count). The summed E-state index contributed by atoms with van der Waals surface area (Å²) in [6.07, 6.45) is 0.711. The van der Waals surface area contributed by atoms with E-state index >= 15 is 0 Å². The van der Waals surface area contributed by atoms with Crippen molar-refractivity contribution in [1.82, 2.24) is 9.80 Å². The molecule has 0 unspecified atom stereocenters. The zero-order valence-corrected chi connectivity index (χ0v) is 18.6. The average Bonchev–Trinajstić information content (AvgIpc) is 3.20. The highest BCUT2D eigenvalue weighted by molar-refractivity contribution is 5.82. The molecule has 1 amide bonds. The van der Waals surface area contributed by atoms with Crippen LogP contribution in [-0.4, -0.2) is 60.5 Å². The lowest BCUT2D eigenvalue weighted by molar-refractivity contribution is -0.136. The first kappa shape index (κ1) is 22.8. The largest absolute Gasteiger partial charge is 0.367 e. The van der Waals surface area contributed by atoms with E-state index < -0.39 is 0 Å². The Morgan fingerprint density at radius 1 is 1.03 bits per heavy atom. The van der Waals surface area contributed by atoms with Gasteiger partial charge in [0.25, 0.3) is 0 Å². The van der Waals surface area contributed by atoms with Crippen LogP contribution in [0.4, 0.5) is 5.69 Å². The maximum atomic E-state index is 13.3. The van der Waals surface area contributed by atoms with E-state index in [1.807, 2.05) is 61.2 Å². The number of anilines is 1. The normalized spacial score (nSPS) is 21.2. The van der Waals surface area contributed by atoms with Gasteiger partial charge in [0.15, 0.2) is 0 Å². The number of carbonyl (C=O) groups is 1. The lowest BCUT2D eigenvalue weighted by Gasteiger charge is -2.38. The number of hydrogen-bond donors (Lipinski definition) is 1. The second-order valence-corrected chi connectivity index (χ2v) is 7.87. The van der Waals surface area contributed by atoms with Crippen molar-refractivity contribution in [3.05, 3.63) is 65.7 Å². The second-order valence-electron chi connectivity index (χ2n) is 7.87. The highest BCUT2D eigenvalue weighted by Gasteiger charge is 2.38. The Balaban J connectivity index is 0.00000132. The maximum absolute atomic E-state index is 13.3. The number of nitrogens with two attached hydrogens (primary N) is 1. The van der Waals surface area contributed by atoms with Crippen molar-refractivity contribution in [2.45, 2.75) is 38.9 Å². The van der Waals surface area contributed by atoms with Crippen LogP contribution in [0.2, 0.25) is 0 Å². The van der Waals surface area contributed by atoms with Gasteiger partial charge < -0.3 is 15.5 Å². The first-order chi connectivity index (χ1) is 15.2. The van der Waals surface area contributed by atoms with Crippen LogP contribution in [0.5, 0.6) is 0 Å². The number of carbonyl (C=O) groups excluding carboxylic acids is 1. The van der Waals surface area contributed by atoms with E-state index in [1.54, 1.807) is 0 Å². The fourth-order valence-corrected chi connectivity index (χ4v) is 4.41.